The average Bonchev–Trinajstić information content (AvgIpc) is 3.03. The summed E-state index contributed by atoms with van der Waals surface area (Å²) < 4.78 is 7.78. The lowest BCUT2D eigenvalue weighted by atomic mass is 9.68. The highest BCUT2D eigenvalue weighted by atomic mass is 16.6. The minimum absolute atomic E-state index is 0.0913. The van der Waals surface area contributed by atoms with E-state index in [0.717, 1.165) is 43.3 Å². The summed E-state index contributed by atoms with van der Waals surface area (Å²) in [6.45, 7) is 3.78. The normalized spacial score (nSPS) is 31.4. The molecular formula is C16H20N4O2. The fraction of sp³-hybridized carbons (Fsp3) is 0.562. The van der Waals surface area contributed by atoms with Crippen molar-refractivity contribution in [3.05, 3.63) is 24.8 Å². The highest BCUT2D eigenvalue weighted by Gasteiger charge is 2.48. The first-order chi connectivity index (χ1) is 10.6. The van der Waals surface area contributed by atoms with E-state index in [2.05, 4.69) is 26.8 Å². The van der Waals surface area contributed by atoms with Crippen molar-refractivity contribution in [2.24, 2.45) is 5.41 Å². The predicted octanol–water partition coefficient (Wildman–Crippen LogP) is 2.49. The maximum Gasteiger partial charge on any atom is 0.407 e. The Morgan fingerprint density at radius 1 is 1.45 bits per heavy atom. The number of hydrogen-bond acceptors (Lipinski definition) is 4. The Morgan fingerprint density at radius 3 is 3.18 bits per heavy atom. The molecule has 0 aromatic carbocycles. The van der Waals surface area contributed by atoms with Crippen molar-refractivity contribution in [1.82, 2.24) is 19.9 Å². The second-order valence-electron chi connectivity index (χ2n) is 7.00. The molecule has 6 nitrogen and oxygen atoms in total. The minimum atomic E-state index is -0.321. The number of alkyl carbamates (subject to hydrolysis) is 1. The zero-order chi connectivity index (χ0) is 15.2. The van der Waals surface area contributed by atoms with Crippen molar-refractivity contribution in [3.63, 3.8) is 0 Å². The molecule has 116 valence electrons. The fourth-order valence-corrected chi connectivity index (χ4v) is 4.11. The van der Waals surface area contributed by atoms with E-state index in [0.29, 0.717) is 6.54 Å². The van der Waals surface area contributed by atoms with Gasteiger partial charge in [0.1, 0.15) is 5.60 Å². The molecule has 2 aliphatic rings. The van der Waals surface area contributed by atoms with Gasteiger partial charge in [0.05, 0.1) is 30.1 Å². The summed E-state index contributed by atoms with van der Waals surface area (Å²) >= 11 is 0. The molecule has 1 N–H and O–H groups in total. The highest BCUT2D eigenvalue weighted by Crippen LogP contribution is 2.45. The summed E-state index contributed by atoms with van der Waals surface area (Å²) in [5.74, 6) is 0. The van der Waals surface area contributed by atoms with Crippen molar-refractivity contribution < 1.29 is 9.53 Å². The van der Waals surface area contributed by atoms with Gasteiger partial charge in [-0.15, -0.1) is 0 Å². The van der Waals surface area contributed by atoms with Gasteiger partial charge >= 0.3 is 6.09 Å². The molecule has 2 aromatic rings. The van der Waals surface area contributed by atoms with Gasteiger partial charge in [-0.05, 0) is 37.2 Å². The number of imidazole rings is 1. The molecule has 2 fully saturated rings. The van der Waals surface area contributed by atoms with E-state index in [1.54, 1.807) is 6.20 Å². The summed E-state index contributed by atoms with van der Waals surface area (Å²) in [4.78, 5) is 20.1. The Hall–Kier alpha value is -2.11. The van der Waals surface area contributed by atoms with Gasteiger partial charge in [0, 0.05) is 12.7 Å². The van der Waals surface area contributed by atoms with E-state index < -0.39 is 0 Å². The molecule has 1 spiro atoms. The topological polar surface area (TPSA) is 69.0 Å². The second kappa shape index (κ2) is 4.69. The van der Waals surface area contributed by atoms with Gasteiger partial charge < -0.3 is 14.6 Å². The van der Waals surface area contributed by atoms with Crippen LogP contribution in [-0.4, -0.2) is 32.8 Å². The maximum atomic E-state index is 11.5. The minimum Gasteiger partial charge on any atom is -0.441 e. The highest BCUT2D eigenvalue weighted by molar-refractivity contribution is 5.73. The summed E-state index contributed by atoms with van der Waals surface area (Å²) in [5.41, 5.74) is 1.80. The van der Waals surface area contributed by atoms with Crippen molar-refractivity contribution in [2.75, 3.05) is 6.54 Å². The Morgan fingerprint density at radius 2 is 2.36 bits per heavy atom. The summed E-state index contributed by atoms with van der Waals surface area (Å²) in [6, 6.07) is 1.93. The number of hydrogen-bond donors (Lipinski definition) is 1. The van der Waals surface area contributed by atoms with Crippen LogP contribution in [0.1, 0.15) is 32.6 Å². The van der Waals surface area contributed by atoms with Gasteiger partial charge in [-0.25, -0.2) is 9.78 Å². The molecule has 1 unspecified atom stereocenters. The molecule has 1 saturated heterocycles. The first-order valence-electron chi connectivity index (χ1n) is 7.79. The SMILES string of the molecule is C[C@]1(Cn2cnc3ccncc32)CCCC2(CNC(=O)O2)C1. The van der Waals surface area contributed by atoms with E-state index in [9.17, 15) is 4.79 Å². The summed E-state index contributed by atoms with van der Waals surface area (Å²) in [7, 11) is 0. The number of fused-ring (bicyclic) bond motifs is 1. The first-order valence-corrected chi connectivity index (χ1v) is 7.79. The molecule has 1 amide bonds. The number of carbonyl (C=O) groups excluding carboxylic acids is 1. The number of rotatable bonds is 2. The Kier molecular flexibility index (Phi) is 2.89. The third-order valence-electron chi connectivity index (χ3n) is 5.00. The first kappa shape index (κ1) is 13.5. The van der Waals surface area contributed by atoms with Gasteiger partial charge in [0.15, 0.2) is 0 Å². The monoisotopic (exact) mass is 300 g/mol. The number of aromatic nitrogens is 3. The Bertz CT molecular complexity index is 728. The van der Waals surface area contributed by atoms with Gasteiger partial charge in [-0.1, -0.05) is 6.92 Å². The maximum absolute atomic E-state index is 11.5. The van der Waals surface area contributed by atoms with Crippen molar-refractivity contribution in [3.8, 4) is 0 Å². The summed E-state index contributed by atoms with van der Waals surface area (Å²) in [5, 5.41) is 2.82. The molecule has 0 radical (unpaired) electrons. The van der Waals surface area contributed by atoms with Crippen LogP contribution >= 0.6 is 0 Å². The lowest BCUT2D eigenvalue weighted by Crippen LogP contribution is -2.44. The van der Waals surface area contributed by atoms with Crippen LogP contribution in [0.3, 0.4) is 0 Å². The zero-order valence-electron chi connectivity index (χ0n) is 12.7. The second-order valence-corrected chi connectivity index (χ2v) is 7.00. The van der Waals surface area contributed by atoms with Gasteiger partial charge in [0.2, 0.25) is 0 Å². The van der Waals surface area contributed by atoms with Crippen molar-refractivity contribution >= 4 is 17.1 Å². The third kappa shape index (κ3) is 2.23. The predicted molar refractivity (Wildman–Crippen MR) is 81.3 cm³/mol. The van der Waals surface area contributed by atoms with E-state index in [1.807, 2.05) is 18.6 Å². The molecule has 1 aliphatic carbocycles. The number of nitrogens with one attached hydrogen (secondary N) is 1. The van der Waals surface area contributed by atoms with Crippen LogP contribution in [-0.2, 0) is 11.3 Å². The van der Waals surface area contributed by atoms with Crippen LogP contribution in [0, 0.1) is 5.41 Å². The molecule has 6 heteroatoms. The quantitative estimate of drug-likeness (QED) is 0.925. The van der Waals surface area contributed by atoms with Crippen LogP contribution in [0.2, 0.25) is 0 Å². The van der Waals surface area contributed by atoms with Gasteiger partial charge in [0.25, 0.3) is 0 Å². The van der Waals surface area contributed by atoms with E-state index >= 15 is 0 Å². The molecule has 2 aromatic heterocycles. The lowest BCUT2D eigenvalue weighted by Gasteiger charge is -2.42. The number of amides is 1. The van der Waals surface area contributed by atoms with Crippen LogP contribution < -0.4 is 5.32 Å². The van der Waals surface area contributed by atoms with Crippen molar-refractivity contribution in [2.45, 2.75) is 44.8 Å². The van der Waals surface area contributed by atoms with E-state index in [1.165, 1.54) is 0 Å². The van der Waals surface area contributed by atoms with Crippen LogP contribution in [0.15, 0.2) is 24.8 Å². The lowest BCUT2D eigenvalue weighted by molar-refractivity contribution is -0.0265. The largest absolute Gasteiger partial charge is 0.441 e. The van der Waals surface area contributed by atoms with Crippen molar-refractivity contribution in [1.29, 1.82) is 0 Å². The van der Waals surface area contributed by atoms with Crippen LogP contribution in [0.25, 0.3) is 11.0 Å². The zero-order valence-corrected chi connectivity index (χ0v) is 12.7. The molecule has 1 saturated carbocycles. The molecule has 4 rings (SSSR count). The Balaban J connectivity index is 1.60. The standard InChI is InChI=1S/C16H20N4O2/c1-15(4-2-5-16(8-15)9-18-14(21)22-16)10-20-11-19-12-3-6-17-7-13(12)20/h3,6-7,11H,2,4-5,8-10H2,1H3,(H,18,21)/t15-,16?/m0/s1. The smallest absolute Gasteiger partial charge is 0.407 e. The number of ether oxygens (including phenoxy) is 1. The van der Waals surface area contributed by atoms with Gasteiger partial charge in [-0.3, -0.25) is 4.98 Å². The fourth-order valence-electron chi connectivity index (χ4n) is 4.11. The average molecular weight is 300 g/mol. The van der Waals surface area contributed by atoms with E-state index in [-0.39, 0.29) is 17.1 Å². The number of nitrogens with zero attached hydrogens (tertiary/aromatic N) is 3. The molecule has 3 heterocycles. The van der Waals surface area contributed by atoms with Gasteiger partial charge in [-0.2, -0.15) is 0 Å². The molecular weight excluding hydrogens is 280 g/mol. The number of pyridine rings is 1. The molecule has 22 heavy (non-hydrogen) atoms. The van der Waals surface area contributed by atoms with E-state index in [4.69, 9.17) is 4.74 Å². The number of carbonyl (C=O) groups is 1. The Labute approximate surface area is 128 Å². The van der Waals surface area contributed by atoms with Crippen LogP contribution in [0.5, 0.6) is 0 Å². The molecule has 0 bridgehead atoms. The molecule has 1 aliphatic heterocycles. The third-order valence-corrected chi connectivity index (χ3v) is 5.00. The van der Waals surface area contributed by atoms with Crippen LogP contribution in [0.4, 0.5) is 4.79 Å². The summed E-state index contributed by atoms with van der Waals surface area (Å²) in [6.07, 6.45) is 9.29. The molecule has 2 atom stereocenters.